The normalized spacial score (nSPS) is 15.3. The summed E-state index contributed by atoms with van der Waals surface area (Å²) in [6.07, 6.45) is 3.67. The van der Waals surface area contributed by atoms with Crippen molar-refractivity contribution in [1.82, 2.24) is 29.7 Å². The molecule has 0 aliphatic carbocycles. The Hall–Kier alpha value is -3.76. The van der Waals surface area contributed by atoms with Gasteiger partial charge in [0.25, 0.3) is 0 Å². The molecule has 4 heterocycles. The van der Waals surface area contributed by atoms with Crippen molar-refractivity contribution in [3.8, 4) is 17.3 Å². The average Bonchev–Trinajstić information content (AvgIpc) is 3.56. The summed E-state index contributed by atoms with van der Waals surface area (Å²) in [6.45, 7) is 9.58. The molecule has 2 fully saturated rings. The second-order valence-electron chi connectivity index (χ2n) is 11.2. The third-order valence-corrected chi connectivity index (χ3v) is 8.85. The number of hydrogen-bond donors (Lipinski definition) is 2. The summed E-state index contributed by atoms with van der Waals surface area (Å²) in [5.41, 5.74) is 9.84. The number of aryl methyl sites for hydroxylation is 1. The van der Waals surface area contributed by atoms with Crippen LogP contribution in [0.25, 0.3) is 11.3 Å². The largest absolute Gasteiger partial charge is 0.382 e. The maximum atomic E-state index is 12.9. The summed E-state index contributed by atoms with van der Waals surface area (Å²) in [4.78, 5) is 45.0. The van der Waals surface area contributed by atoms with Gasteiger partial charge >= 0.3 is 0 Å². The summed E-state index contributed by atoms with van der Waals surface area (Å²) < 4.78 is 0. The lowest BCUT2D eigenvalue weighted by Gasteiger charge is -2.35. The van der Waals surface area contributed by atoms with Gasteiger partial charge < -0.3 is 20.9 Å². The van der Waals surface area contributed by atoms with Crippen LogP contribution in [0.5, 0.6) is 0 Å². The SMILES string of the molecule is CC(=O)Nc1ccc(-c2nc(SCc3cccc(CCC(=O)N4CCN(CCN5CCCC5)CC4)n3)nc(N)c2C#N)cc1.Cl. The Kier molecular flexibility index (Phi) is 12.5. The second-order valence-corrected chi connectivity index (χ2v) is 12.1. The van der Waals surface area contributed by atoms with Crippen LogP contribution in [-0.2, 0) is 21.8 Å². The first-order chi connectivity index (χ1) is 21.4. The van der Waals surface area contributed by atoms with Gasteiger partial charge in [-0.05, 0) is 56.6 Å². The Labute approximate surface area is 275 Å². The van der Waals surface area contributed by atoms with Crippen molar-refractivity contribution in [3.05, 3.63) is 59.4 Å². The molecule has 1 aromatic carbocycles. The number of likely N-dealkylation sites (tertiary alicyclic amines) is 1. The molecular formula is C32H40ClN9O2S. The minimum Gasteiger partial charge on any atom is -0.382 e. The highest BCUT2D eigenvalue weighted by molar-refractivity contribution is 7.98. The predicted octanol–water partition coefficient (Wildman–Crippen LogP) is 3.84. The number of carbonyl (C=O) groups is 2. The Balaban J connectivity index is 0.00000461. The van der Waals surface area contributed by atoms with Gasteiger partial charge in [0.1, 0.15) is 17.5 Å². The molecule has 5 rings (SSSR count). The van der Waals surface area contributed by atoms with E-state index in [1.807, 2.05) is 23.1 Å². The molecule has 2 saturated heterocycles. The monoisotopic (exact) mass is 649 g/mol. The summed E-state index contributed by atoms with van der Waals surface area (Å²) in [5, 5.41) is 12.9. The van der Waals surface area contributed by atoms with Crippen molar-refractivity contribution < 1.29 is 9.59 Å². The average molecular weight is 650 g/mol. The first-order valence-corrected chi connectivity index (χ1v) is 16.1. The quantitative estimate of drug-likeness (QED) is 0.232. The fourth-order valence-corrected chi connectivity index (χ4v) is 6.30. The van der Waals surface area contributed by atoms with Gasteiger partial charge in [0, 0.05) is 75.3 Å². The van der Waals surface area contributed by atoms with E-state index in [0.29, 0.717) is 40.7 Å². The molecule has 0 unspecified atom stereocenters. The molecular weight excluding hydrogens is 610 g/mol. The smallest absolute Gasteiger partial charge is 0.223 e. The van der Waals surface area contributed by atoms with E-state index < -0.39 is 0 Å². The van der Waals surface area contributed by atoms with E-state index in [1.165, 1.54) is 44.6 Å². The van der Waals surface area contributed by atoms with Crippen LogP contribution in [0.4, 0.5) is 11.5 Å². The highest BCUT2D eigenvalue weighted by Gasteiger charge is 2.22. The van der Waals surface area contributed by atoms with Crippen LogP contribution in [0.15, 0.2) is 47.6 Å². The molecule has 0 atom stereocenters. The van der Waals surface area contributed by atoms with Crippen LogP contribution < -0.4 is 11.1 Å². The van der Waals surface area contributed by atoms with Crippen molar-refractivity contribution in [2.24, 2.45) is 0 Å². The molecule has 2 aliphatic rings. The van der Waals surface area contributed by atoms with Crippen LogP contribution in [0, 0.1) is 11.3 Å². The van der Waals surface area contributed by atoms with Gasteiger partial charge in [0.05, 0.1) is 11.4 Å². The molecule has 3 aromatic rings. The van der Waals surface area contributed by atoms with Crippen molar-refractivity contribution in [3.63, 3.8) is 0 Å². The molecule has 3 N–H and O–H groups in total. The maximum absolute atomic E-state index is 12.9. The zero-order valence-electron chi connectivity index (χ0n) is 25.6. The lowest BCUT2D eigenvalue weighted by atomic mass is 10.1. The van der Waals surface area contributed by atoms with E-state index in [0.717, 1.165) is 50.7 Å². The van der Waals surface area contributed by atoms with Gasteiger partial charge in [0.2, 0.25) is 11.8 Å². The number of halogens is 1. The van der Waals surface area contributed by atoms with E-state index in [9.17, 15) is 14.9 Å². The Bertz CT molecular complexity index is 1500. The number of nitriles is 1. The number of pyridine rings is 1. The van der Waals surface area contributed by atoms with Crippen molar-refractivity contribution in [1.29, 1.82) is 5.26 Å². The summed E-state index contributed by atoms with van der Waals surface area (Å²) in [5.74, 6) is 0.637. The predicted molar refractivity (Wildman–Crippen MR) is 179 cm³/mol. The minimum absolute atomic E-state index is 0. The molecule has 2 aromatic heterocycles. The molecule has 0 spiro atoms. The zero-order valence-corrected chi connectivity index (χ0v) is 27.2. The number of piperazine rings is 1. The number of nitrogens with two attached hydrogens (primary N) is 1. The number of amides is 2. The Morgan fingerprint density at radius 1 is 0.933 bits per heavy atom. The Morgan fingerprint density at radius 2 is 1.60 bits per heavy atom. The number of nitrogen functional groups attached to an aromatic ring is 1. The number of nitrogens with one attached hydrogen (secondary N) is 1. The molecule has 13 heteroatoms. The van der Waals surface area contributed by atoms with E-state index >= 15 is 0 Å². The van der Waals surface area contributed by atoms with Crippen LogP contribution in [0.3, 0.4) is 0 Å². The number of rotatable bonds is 11. The molecule has 238 valence electrons. The number of anilines is 2. The fraction of sp³-hybridized carbons (Fsp3) is 0.438. The standard InChI is InChI=1S/C32H39N9O2S.ClH/c1-23(42)35-26-9-7-24(8-10-26)30-28(21-33)31(34)38-32(37-30)44-22-27-6-4-5-25(36-27)11-12-29(43)41-19-17-40(18-20-41)16-15-39-13-2-3-14-39;/h4-10H,2-3,11-20,22H2,1H3,(H,35,42)(H2,34,37,38);1H. The van der Waals surface area contributed by atoms with Crippen molar-refractivity contribution in [2.75, 3.05) is 63.4 Å². The van der Waals surface area contributed by atoms with Gasteiger partial charge in [-0.2, -0.15) is 5.26 Å². The van der Waals surface area contributed by atoms with E-state index in [-0.39, 0.29) is 35.6 Å². The topological polar surface area (TPSA) is 144 Å². The third-order valence-electron chi connectivity index (χ3n) is 7.97. The fourth-order valence-electron chi connectivity index (χ4n) is 5.55. The molecule has 0 bridgehead atoms. The summed E-state index contributed by atoms with van der Waals surface area (Å²) >= 11 is 1.38. The van der Waals surface area contributed by atoms with E-state index in [1.54, 1.807) is 24.3 Å². The van der Waals surface area contributed by atoms with Crippen molar-refractivity contribution in [2.45, 2.75) is 43.5 Å². The lowest BCUT2D eigenvalue weighted by Crippen LogP contribution is -2.50. The first-order valence-electron chi connectivity index (χ1n) is 15.1. The molecule has 0 radical (unpaired) electrons. The highest BCUT2D eigenvalue weighted by Crippen LogP contribution is 2.29. The third kappa shape index (κ3) is 9.61. The van der Waals surface area contributed by atoms with Crippen molar-refractivity contribution >= 4 is 47.5 Å². The number of benzene rings is 1. The molecule has 0 saturated carbocycles. The summed E-state index contributed by atoms with van der Waals surface area (Å²) in [7, 11) is 0. The zero-order chi connectivity index (χ0) is 30.9. The number of nitrogens with zero attached hydrogens (tertiary/aromatic N) is 7. The first kappa shape index (κ1) is 34.1. The lowest BCUT2D eigenvalue weighted by molar-refractivity contribution is -0.133. The van der Waals surface area contributed by atoms with Gasteiger partial charge in [-0.25, -0.2) is 9.97 Å². The second kappa shape index (κ2) is 16.5. The summed E-state index contributed by atoms with van der Waals surface area (Å²) in [6, 6.07) is 15.0. The number of aromatic nitrogens is 3. The maximum Gasteiger partial charge on any atom is 0.223 e. The molecule has 11 nitrogen and oxygen atoms in total. The number of hydrogen-bond acceptors (Lipinski definition) is 10. The van der Waals surface area contributed by atoms with Crippen LogP contribution in [0.2, 0.25) is 0 Å². The van der Waals surface area contributed by atoms with Gasteiger partial charge in [-0.1, -0.05) is 30.0 Å². The van der Waals surface area contributed by atoms with E-state index in [2.05, 4.69) is 31.2 Å². The molecule has 2 amide bonds. The van der Waals surface area contributed by atoms with Crippen LogP contribution in [-0.4, -0.2) is 93.8 Å². The van der Waals surface area contributed by atoms with Gasteiger partial charge in [-0.3, -0.25) is 19.5 Å². The van der Waals surface area contributed by atoms with Gasteiger partial charge in [-0.15, -0.1) is 12.4 Å². The van der Waals surface area contributed by atoms with Gasteiger partial charge in [0.15, 0.2) is 5.16 Å². The highest BCUT2D eigenvalue weighted by atomic mass is 35.5. The van der Waals surface area contributed by atoms with Crippen LogP contribution >= 0.6 is 24.2 Å². The van der Waals surface area contributed by atoms with E-state index in [4.69, 9.17) is 10.7 Å². The number of thioether (sulfide) groups is 1. The van der Waals surface area contributed by atoms with Crippen LogP contribution in [0.1, 0.15) is 43.1 Å². The Morgan fingerprint density at radius 3 is 2.27 bits per heavy atom. The molecule has 2 aliphatic heterocycles. The minimum atomic E-state index is -0.165. The molecule has 45 heavy (non-hydrogen) atoms. The number of carbonyl (C=O) groups excluding carboxylic acids is 2.